The molecular weight excluding hydrogens is 391 g/mol. The first-order valence-corrected chi connectivity index (χ1v) is 7.71. The lowest BCUT2D eigenvalue weighted by atomic mass is 10.1. The van der Waals surface area contributed by atoms with E-state index < -0.39 is 0 Å². The van der Waals surface area contributed by atoms with Crippen molar-refractivity contribution in [3.63, 3.8) is 0 Å². The first kappa shape index (κ1) is 16.8. The molecule has 0 fully saturated rings. The first-order valence-electron chi connectivity index (χ1n) is 6.16. The third kappa shape index (κ3) is 4.00. The van der Waals surface area contributed by atoms with Crippen molar-refractivity contribution in [1.29, 1.82) is 0 Å². The number of rotatable bonds is 3. The molecule has 0 spiro atoms. The first-order chi connectivity index (χ1) is 10.4. The SMILES string of the molecule is Cc1ccc(Br)c(C(=O)N/N=C/c2cc(Cl)cc(Cl)c2O)c1. The summed E-state index contributed by atoms with van der Waals surface area (Å²) in [5.74, 6) is -0.528. The van der Waals surface area contributed by atoms with Gasteiger partial charge in [-0.25, -0.2) is 5.43 Å². The number of amides is 1. The van der Waals surface area contributed by atoms with Crippen molar-refractivity contribution in [2.45, 2.75) is 6.92 Å². The highest BCUT2D eigenvalue weighted by atomic mass is 79.9. The highest BCUT2D eigenvalue weighted by molar-refractivity contribution is 9.10. The Labute approximate surface area is 145 Å². The summed E-state index contributed by atoms with van der Waals surface area (Å²) in [4.78, 5) is 12.1. The van der Waals surface area contributed by atoms with Crippen LogP contribution >= 0.6 is 39.1 Å². The van der Waals surface area contributed by atoms with E-state index in [1.165, 1.54) is 18.3 Å². The van der Waals surface area contributed by atoms with Crippen LogP contribution in [0.25, 0.3) is 0 Å². The normalized spacial score (nSPS) is 10.9. The molecule has 0 aliphatic rings. The number of phenolic OH excluding ortho intramolecular Hbond substituents is 1. The summed E-state index contributed by atoms with van der Waals surface area (Å²) in [5.41, 5.74) is 4.11. The van der Waals surface area contributed by atoms with Crippen LogP contribution in [0.15, 0.2) is 39.9 Å². The maximum absolute atomic E-state index is 12.1. The molecule has 0 heterocycles. The zero-order valence-electron chi connectivity index (χ0n) is 11.4. The summed E-state index contributed by atoms with van der Waals surface area (Å²) in [6.45, 7) is 1.89. The Kier molecular flexibility index (Phi) is 5.45. The van der Waals surface area contributed by atoms with Crippen LogP contribution in [-0.2, 0) is 0 Å². The summed E-state index contributed by atoms with van der Waals surface area (Å²) in [7, 11) is 0. The Morgan fingerprint density at radius 3 is 2.77 bits per heavy atom. The van der Waals surface area contributed by atoms with Crippen molar-refractivity contribution in [1.82, 2.24) is 5.43 Å². The minimum Gasteiger partial charge on any atom is -0.506 e. The van der Waals surface area contributed by atoms with Gasteiger partial charge in [0, 0.05) is 15.1 Å². The van der Waals surface area contributed by atoms with E-state index in [2.05, 4.69) is 26.5 Å². The number of hydrogen-bond acceptors (Lipinski definition) is 3. The second kappa shape index (κ2) is 7.13. The summed E-state index contributed by atoms with van der Waals surface area (Å²) in [5, 5.41) is 14.1. The zero-order valence-corrected chi connectivity index (χ0v) is 14.5. The van der Waals surface area contributed by atoms with Crippen LogP contribution in [0.4, 0.5) is 0 Å². The van der Waals surface area contributed by atoms with Gasteiger partial charge in [0.1, 0.15) is 5.75 Å². The quantitative estimate of drug-likeness (QED) is 0.586. The van der Waals surface area contributed by atoms with Gasteiger partial charge in [0.15, 0.2) is 0 Å². The van der Waals surface area contributed by atoms with E-state index in [1.54, 1.807) is 12.1 Å². The number of phenols is 1. The van der Waals surface area contributed by atoms with E-state index in [0.717, 1.165) is 5.56 Å². The molecule has 0 saturated heterocycles. The third-order valence-corrected chi connectivity index (χ3v) is 3.99. The lowest BCUT2D eigenvalue weighted by Crippen LogP contribution is -2.18. The molecule has 2 aromatic rings. The molecule has 1 amide bonds. The van der Waals surface area contributed by atoms with Crippen molar-refractivity contribution in [2.75, 3.05) is 0 Å². The van der Waals surface area contributed by atoms with Crippen LogP contribution in [0.1, 0.15) is 21.5 Å². The number of nitrogens with one attached hydrogen (secondary N) is 1. The Morgan fingerprint density at radius 2 is 2.05 bits per heavy atom. The fraction of sp³-hybridized carbons (Fsp3) is 0.0667. The minimum atomic E-state index is -0.376. The molecule has 0 aromatic heterocycles. The van der Waals surface area contributed by atoms with Crippen LogP contribution in [0, 0.1) is 6.92 Å². The van der Waals surface area contributed by atoms with Gasteiger partial charge in [-0.15, -0.1) is 0 Å². The third-order valence-electron chi connectivity index (χ3n) is 2.79. The van der Waals surface area contributed by atoms with Crippen molar-refractivity contribution in [3.8, 4) is 5.75 Å². The molecule has 22 heavy (non-hydrogen) atoms. The molecule has 2 rings (SSSR count). The smallest absolute Gasteiger partial charge is 0.272 e. The Hall–Kier alpha value is -1.56. The van der Waals surface area contributed by atoms with Crippen molar-refractivity contribution >= 4 is 51.3 Å². The predicted octanol–water partition coefficient (Wildman–Crippen LogP) is 4.53. The summed E-state index contributed by atoms with van der Waals surface area (Å²) in [6.07, 6.45) is 1.27. The Balaban J connectivity index is 2.16. The molecule has 4 nitrogen and oxygen atoms in total. The van der Waals surface area contributed by atoms with Crippen molar-refractivity contribution < 1.29 is 9.90 Å². The minimum absolute atomic E-state index is 0.113. The van der Waals surface area contributed by atoms with E-state index in [-0.39, 0.29) is 16.7 Å². The molecule has 0 saturated carbocycles. The largest absolute Gasteiger partial charge is 0.506 e. The number of hydrogen-bond donors (Lipinski definition) is 2. The van der Waals surface area contributed by atoms with Crippen LogP contribution < -0.4 is 5.43 Å². The number of benzene rings is 2. The van der Waals surface area contributed by atoms with Gasteiger partial charge in [0.25, 0.3) is 5.91 Å². The fourth-order valence-electron chi connectivity index (χ4n) is 1.72. The van der Waals surface area contributed by atoms with Crippen LogP contribution in [-0.4, -0.2) is 17.2 Å². The number of nitrogens with zero attached hydrogens (tertiary/aromatic N) is 1. The maximum Gasteiger partial charge on any atom is 0.272 e. The molecular formula is C15H11BrCl2N2O2. The molecule has 7 heteroatoms. The standard InChI is InChI=1S/C15H11BrCl2N2O2/c1-8-2-3-12(16)11(4-8)15(22)20-19-7-9-5-10(17)6-13(18)14(9)21/h2-7,21H,1H3,(H,20,22)/b19-7+. The second-order valence-electron chi connectivity index (χ2n) is 4.51. The summed E-state index contributed by atoms with van der Waals surface area (Å²) in [6, 6.07) is 8.31. The van der Waals surface area contributed by atoms with Gasteiger partial charge in [0.2, 0.25) is 0 Å². The molecule has 2 aromatic carbocycles. The van der Waals surface area contributed by atoms with E-state index in [0.29, 0.717) is 20.6 Å². The van der Waals surface area contributed by atoms with Crippen LogP contribution in [0.3, 0.4) is 0 Å². The van der Waals surface area contributed by atoms with Gasteiger partial charge in [-0.1, -0.05) is 34.8 Å². The molecule has 0 aliphatic carbocycles. The molecule has 114 valence electrons. The molecule has 0 unspecified atom stereocenters. The average molecular weight is 402 g/mol. The zero-order chi connectivity index (χ0) is 16.3. The van der Waals surface area contributed by atoms with Gasteiger partial charge in [-0.2, -0.15) is 5.10 Å². The van der Waals surface area contributed by atoms with Gasteiger partial charge in [0.05, 0.1) is 16.8 Å². The van der Waals surface area contributed by atoms with Crippen LogP contribution in [0.5, 0.6) is 5.75 Å². The molecule has 0 bridgehead atoms. The number of hydrazone groups is 1. The van der Waals surface area contributed by atoms with Gasteiger partial charge in [-0.05, 0) is 47.1 Å². The lowest BCUT2D eigenvalue weighted by Gasteiger charge is -2.05. The second-order valence-corrected chi connectivity index (χ2v) is 6.21. The molecule has 0 radical (unpaired) electrons. The number of carbonyl (C=O) groups is 1. The maximum atomic E-state index is 12.1. The van der Waals surface area contributed by atoms with Crippen molar-refractivity contribution in [3.05, 3.63) is 61.5 Å². The average Bonchev–Trinajstić information content (AvgIpc) is 2.46. The number of aryl methyl sites for hydroxylation is 1. The highest BCUT2D eigenvalue weighted by Crippen LogP contribution is 2.29. The topological polar surface area (TPSA) is 61.7 Å². The summed E-state index contributed by atoms with van der Waals surface area (Å²) >= 11 is 15.0. The summed E-state index contributed by atoms with van der Waals surface area (Å²) < 4.78 is 0.666. The van der Waals surface area contributed by atoms with Crippen molar-refractivity contribution in [2.24, 2.45) is 5.10 Å². The number of aromatic hydroxyl groups is 1. The van der Waals surface area contributed by atoms with E-state index in [4.69, 9.17) is 23.2 Å². The highest BCUT2D eigenvalue weighted by Gasteiger charge is 2.10. The number of halogens is 3. The van der Waals surface area contributed by atoms with Gasteiger partial charge >= 0.3 is 0 Å². The van der Waals surface area contributed by atoms with E-state index in [1.807, 2.05) is 13.0 Å². The fourth-order valence-corrected chi connectivity index (χ4v) is 2.65. The predicted molar refractivity (Wildman–Crippen MR) is 92.1 cm³/mol. The molecule has 0 aliphatic heterocycles. The van der Waals surface area contributed by atoms with E-state index in [9.17, 15) is 9.90 Å². The Bertz CT molecular complexity index is 763. The van der Waals surface area contributed by atoms with Crippen LogP contribution in [0.2, 0.25) is 10.0 Å². The monoisotopic (exact) mass is 400 g/mol. The molecule has 2 N–H and O–H groups in total. The van der Waals surface area contributed by atoms with E-state index >= 15 is 0 Å². The molecule has 0 atom stereocenters. The Morgan fingerprint density at radius 1 is 1.32 bits per heavy atom. The van der Waals surface area contributed by atoms with Gasteiger partial charge in [-0.3, -0.25) is 4.79 Å². The lowest BCUT2D eigenvalue weighted by molar-refractivity contribution is 0.0954. The van der Waals surface area contributed by atoms with Gasteiger partial charge < -0.3 is 5.11 Å². The number of carbonyl (C=O) groups excluding carboxylic acids is 1.